The molecule has 5 rings (SSSR count). The average molecular weight is 620 g/mol. The fourth-order valence-corrected chi connectivity index (χ4v) is 9.65. The van der Waals surface area contributed by atoms with Crippen LogP contribution in [0.4, 0.5) is 0 Å². The van der Waals surface area contributed by atoms with E-state index in [9.17, 15) is 22.8 Å². The number of carbonyl (C=O) groups is 3. The number of H-pyrrole nitrogens is 1. The highest BCUT2D eigenvalue weighted by atomic mass is 32.2. The molecule has 0 spiro atoms. The van der Waals surface area contributed by atoms with Crippen molar-refractivity contribution in [1.29, 1.82) is 0 Å². The highest BCUT2D eigenvalue weighted by Gasteiger charge is 2.65. The minimum absolute atomic E-state index is 0.0299. The van der Waals surface area contributed by atoms with Gasteiger partial charge in [0.2, 0.25) is 15.9 Å². The summed E-state index contributed by atoms with van der Waals surface area (Å²) in [4.78, 5) is 41.5. The van der Waals surface area contributed by atoms with Gasteiger partial charge in [-0.05, 0) is 67.6 Å². The largest absolute Gasteiger partial charge is 0.354 e. The molecule has 2 fully saturated rings. The molecule has 0 saturated heterocycles. The number of amides is 1. The highest BCUT2D eigenvalue weighted by molar-refractivity contribution is 7.89. The van der Waals surface area contributed by atoms with E-state index in [-0.39, 0.29) is 34.6 Å². The molecule has 1 aromatic heterocycles. The molecule has 44 heavy (non-hydrogen) atoms. The van der Waals surface area contributed by atoms with Crippen molar-refractivity contribution < 1.29 is 22.8 Å². The van der Waals surface area contributed by atoms with Gasteiger partial charge < -0.3 is 15.1 Å². The van der Waals surface area contributed by atoms with Crippen LogP contribution in [0.2, 0.25) is 0 Å². The number of Topliss-reactive ketones (excluding diaryl/α,β-unsaturated/α-hetero) is 2. The number of aromatic amines is 1. The lowest BCUT2D eigenvalue weighted by Crippen LogP contribution is -2.51. The van der Waals surface area contributed by atoms with Gasteiger partial charge in [-0.3, -0.25) is 9.59 Å². The average Bonchev–Trinajstić information content (AvgIpc) is 3.52. The molecule has 2 saturated carbocycles. The van der Waals surface area contributed by atoms with E-state index < -0.39 is 21.5 Å². The molecule has 3 aromatic rings. The zero-order chi connectivity index (χ0) is 31.5. The van der Waals surface area contributed by atoms with Crippen LogP contribution in [-0.2, 0) is 30.8 Å². The number of nitrogens with one attached hydrogen (secondary N) is 3. The van der Waals surface area contributed by atoms with Gasteiger partial charge in [0.1, 0.15) is 17.6 Å². The molecule has 1 amide bonds. The molecular formula is C35H45N3O5S. The van der Waals surface area contributed by atoms with Crippen molar-refractivity contribution in [3.05, 3.63) is 60.2 Å². The molecule has 0 radical (unpaired) electrons. The maximum atomic E-state index is 13.6. The van der Waals surface area contributed by atoms with Crippen molar-refractivity contribution >= 4 is 38.4 Å². The first kappa shape index (κ1) is 32.1. The lowest BCUT2D eigenvalue weighted by atomic mass is 9.70. The topological polar surface area (TPSA) is 125 Å². The van der Waals surface area contributed by atoms with Gasteiger partial charge in [-0.1, -0.05) is 75.2 Å². The van der Waals surface area contributed by atoms with E-state index in [0.717, 1.165) is 40.6 Å². The number of hydrogen-bond acceptors (Lipinski definition) is 5. The SMILES string of the molecule is CC(=O)CCCCC[C@H](NS(=O)(=O)CC12CCC(CC1=O)C2(C)C)C(=O)NCCc1c(-c2ccccc2)[nH]c2ccccc12. The Morgan fingerprint density at radius 3 is 2.43 bits per heavy atom. The Morgan fingerprint density at radius 1 is 1.02 bits per heavy atom. The summed E-state index contributed by atoms with van der Waals surface area (Å²) in [7, 11) is -3.94. The molecule has 2 unspecified atom stereocenters. The summed E-state index contributed by atoms with van der Waals surface area (Å²) in [6.07, 6.45) is 5.23. The monoisotopic (exact) mass is 619 g/mol. The van der Waals surface area contributed by atoms with Crippen LogP contribution in [0.3, 0.4) is 0 Å². The number of sulfonamides is 1. The number of benzene rings is 2. The van der Waals surface area contributed by atoms with Crippen molar-refractivity contribution in [2.45, 2.75) is 84.6 Å². The summed E-state index contributed by atoms with van der Waals surface area (Å²) in [6, 6.07) is 17.2. The molecule has 1 heterocycles. The zero-order valence-corrected chi connectivity index (χ0v) is 26.9. The molecular weight excluding hydrogens is 574 g/mol. The van der Waals surface area contributed by atoms with E-state index in [1.807, 2.05) is 62.4 Å². The molecule has 2 aromatic carbocycles. The zero-order valence-electron chi connectivity index (χ0n) is 26.1. The van der Waals surface area contributed by atoms with Crippen molar-refractivity contribution in [3.8, 4) is 11.3 Å². The number of fused-ring (bicyclic) bond motifs is 3. The van der Waals surface area contributed by atoms with Crippen LogP contribution in [0.1, 0.15) is 77.7 Å². The number of ketones is 2. The first-order valence-corrected chi connectivity index (χ1v) is 17.5. The summed E-state index contributed by atoms with van der Waals surface area (Å²) in [6.45, 7) is 5.91. The van der Waals surface area contributed by atoms with Crippen molar-refractivity contribution in [2.75, 3.05) is 12.3 Å². The van der Waals surface area contributed by atoms with Gasteiger partial charge in [0.25, 0.3) is 0 Å². The molecule has 2 aliphatic rings. The van der Waals surface area contributed by atoms with Crippen molar-refractivity contribution in [2.24, 2.45) is 16.7 Å². The van der Waals surface area contributed by atoms with Crippen LogP contribution in [-0.4, -0.2) is 49.2 Å². The first-order valence-electron chi connectivity index (χ1n) is 15.9. The van der Waals surface area contributed by atoms with Gasteiger partial charge in [-0.2, -0.15) is 0 Å². The molecule has 2 aliphatic carbocycles. The second kappa shape index (κ2) is 13.0. The van der Waals surface area contributed by atoms with Crippen LogP contribution in [0, 0.1) is 16.7 Å². The highest BCUT2D eigenvalue weighted by Crippen LogP contribution is 2.64. The Morgan fingerprint density at radius 2 is 1.75 bits per heavy atom. The third-order valence-corrected chi connectivity index (χ3v) is 11.8. The number of unbranched alkanes of at least 4 members (excludes halogenated alkanes) is 2. The van der Waals surface area contributed by atoms with Crippen LogP contribution in [0.5, 0.6) is 0 Å². The second-order valence-electron chi connectivity index (χ2n) is 13.3. The number of para-hydroxylation sites is 1. The quantitative estimate of drug-likeness (QED) is 0.188. The maximum absolute atomic E-state index is 13.6. The van der Waals surface area contributed by atoms with E-state index in [0.29, 0.717) is 51.5 Å². The van der Waals surface area contributed by atoms with E-state index >= 15 is 0 Å². The van der Waals surface area contributed by atoms with Gasteiger partial charge in [-0.15, -0.1) is 0 Å². The minimum Gasteiger partial charge on any atom is -0.354 e. The fourth-order valence-electron chi connectivity index (χ4n) is 7.58. The Kier molecular flexibility index (Phi) is 9.47. The Bertz CT molecular complexity index is 1630. The molecule has 2 bridgehead atoms. The summed E-state index contributed by atoms with van der Waals surface area (Å²) >= 11 is 0. The van der Waals surface area contributed by atoms with Crippen molar-refractivity contribution in [1.82, 2.24) is 15.0 Å². The smallest absolute Gasteiger partial charge is 0.238 e. The van der Waals surface area contributed by atoms with Crippen LogP contribution >= 0.6 is 0 Å². The van der Waals surface area contributed by atoms with Crippen LogP contribution in [0.25, 0.3) is 22.2 Å². The van der Waals surface area contributed by atoms with E-state index in [2.05, 4.69) is 21.1 Å². The van der Waals surface area contributed by atoms with Gasteiger partial charge in [0.15, 0.2) is 0 Å². The van der Waals surface area contributed by atoms with E-state index in [4.69, 9.17) is 0 Å². The lowest BCUT2D eigenvalue weighted by Gasteiger charge is -2.36. The summed E-state index contributed by atoms with van der Waals surface area (Å²) in [5, 5.41) is 4.08. The molecule has 0 aliphatic heterocycles. The van der Waals surface area contributed by atoms with Gasteiger partial charge in [-0.25, -0.2) is 13.1 Å². The maximum Gasteiger partial charge on any atom is 0.238 e. The minimum atomic E-state index is -3.94. The second-order valence-corrected chi connectivity index (χ2v) is 15.1. The predicted molar refractivity (Wildman–Crippen MR) is 173 cm³/mol. The fraction of sp³-hybridized carbons (Fsp3) is 0.514. The Balaban J connectivity index is 1.29. The van der Waals surface area contributed by atoms with Crippen molar-refractivity contribution in [3.63, 3.8) is 0 Å². The molecule has 9 heteroatoms. The number of aromatic nitrogens is 1. The lowest BCUT2D eigenvalue weighted by molar-refractivity contribution is -0.128. The summed E-state index contributed by atoms with van der Waals surface area (Å²) < 4.78 is 29.9. The van der Waals surface area contributed by atoms with Gasteiger partial charge in [0, 0.05) is 41.4 Å². The number of hydrogen-bond donors (Lipinski definition) is 3. The van der Waals surface area contributed by atoms with Gasteiger partial charge in [0.05, 0.1) is 5.75 Å². The Hall–Kier alpha value is -3.30. The number of carbonyl (C=O) groups excluding carboxylic acids is 3. The molecule has 3 atom stereocenters. The summed E-state index contributed by atoms with van der Waals surface area (Å²) in [5.74, 6) is -0.310. The molecule has 8 nitrogen and oxygen atoms in total. The van der Waals surface area contributed by atoms with Crippen LogP contribution < -0.4 is 10.0 Å². The normalized spacial score (nSPS) is 21.5. The number of rotatable bonds is 15. The molecule has 3 N–H and O–H groups in total. The Labute approximate surface area is 260 Å². The third kappa shape index (κ3) is 6.54. The van der Waals surface area contributed by atoms with E-state index in [1.165, 1.54) is 0 Å². The van der Waals surface area contributed by atoms with Crippen LogP contribution in [0.15, 0.2) is 54.6 Å². The summed E-state index contributed by atoms with van der Waals surface area (Å²) in [5.41, 5.74) is 2.86. The van der Waals surface area contributed by atoms with Gasteiger partial charge >= 0.3 is 0 Å². The predicted octanol–water partition coefficient (Wildman–Crippen LogP) is 5.72. The van der Waals surface area contributed by atoms with E-state index in [1.54, 1.807) is 6.92 Å². The third-order valence-electron chi connectivity index (χ3n) is 10.3. The first-order chi connectivity index (χ1) is 20.9. The molecule has 236 valence electrons. The standard InChI is InChI=1S/C35H45N3O5S/c1-24(39)12-6-4-9-17-30(38-44(42,43)23-35-20-18-26(22-31(35)40)34(35,2)3)33(41)36-21-19-28-27-15-10-11-16-29(27)37-32(28)25-13-7-5-8-14-25/h5,7-8,10-11,13-16,26,30,37-38H,4,6,9,12,17-23H2,1-3H3,(H,36,41)/t26?,30-,35?/m0/s1.